The van der Waals surface area contributed by atoms with Gasteiger partial charge in [-0.2, -0.15) is 13.2 Å². The third-order valence-corrected chi connectivity index (χ3v) is 1.58. The molecule has 1 aromatic rings. The van der Waals surface area contributed by atoms with Gasteiger partial charge in [-0.25, -0.2) is 4.79 Å². The highest BCUT2D eigenvalue weighted by molar-refractivity contribution is 5.84. The lowest BCUT2D eigenvalue weighted by Gasteiger charge is -2.04. The minimum atomic E-state index is -4.72. The van der Waals surface area contributed by atoms with Crippen LogP contribution in [-0.2, 0) is 17.5 Å². The Morgan fingerprint density at radius 1 is 1.60 bits per heavy atom. The molecule has 1 rings (SSSR count). The van der Waals surface area contributed by atoms with Crippen LogP contribution in [0.2, 0.25) is 0 Å². The first kappa shape index (κ1) is 11.6. The van der Waals surface area contributed by atoms with Crippen molar-refractivity contribution in [2.45, 2.75) is 12.8 Å². The number of hydrogen-bond donors (Lipinski definition) is 1. The number of furan rings is 1. The third-order valence-electron chi connectivity index (χ3n) is 1.58. The Morgan fingerprint density at radius 2 is 2.20 bits per heavy atom. The van der Waals surface area contributed by atoms with Crippen LogP contribution < -0.4 is 0 Å². The van der Waals surface area contributed by atoms with Crippen LogP contribution in [0.25, 0.3) is 0 Å². The van der Waals surface area contributed by atoms with E-state index in [1.165, 1.54) is 7.11 Å². The van der Waals surface area contributed by atoms with Crippen molar-refractivity contribution < 1.29 is 32.2 Å². The molecular formula is C8H7F3O4. The van der Waals surface area contributed by atoms with Crippen LogP contribution in [0.15, 0.2) is 10.5 Å². The minimum absolute atomic E-state index is 0.331. The fourth-order valence-corrected chi connectivity index (χ4v) is 1.04. The summed E-state index contributed by atoms with van der Waals surface area (Å²) in [4.78, 5) is 10.4. The van der Waals surface area contributed by atoms with Crippen molar-refractivity contribution in [2.24, 2.45) is 0 Å². The summed E-state index contributed by atoms with van der Waals surface area (Å²) in [6.07, 6.45) is -4.72. The first-order valence-corrected chi connectivity index (χ1v) is 3.78. The Hall–Kier alpha value is -1.50. The van der Waals surface area contributed by atoms with Crippen molar-refractivity contribution in [3.05, 3.63) is 23.2 Å². The average Bonchev–Trinajstić information content (AvgIpc) is 2.48. The first-order chi connectivity index (χ1) is 6.86. The van der Waals surface area contributed by atoms with Crippen LogP contribution >= 0.6 is 0 Å². The zero-order valence-electron chi connectivity index (χ0n) is 7.59. The van der Waals surface area contributed by atoms with E-state index in [0.29, 0.717) is 0 Å². The van der Waals surface area contributed by atoms with E-state index in [2.05, 4.69) is 9.15 Å². The summed E-state index contributed by atoms with van der Waals surface area (Å²) >= 11 is 0. The predicted molar refractivity (Wildman–Crippen MR) is 41.4 cm³/mol. The second kappa shape index (κ2) is 3.93. The molecule has 0 amide bonds. The standard InChI is InChI=1S/C8H7F3O4/c1-14-3-4-2-5(7(12)13)15-6(4)8(9,10)11/h2H,3H2,1H3,(H,12,13). The molecule has 0 fully saturated rings. The van der Waals surface area contributed by atoms with Crippen LogP contribution in [0.1, 0.15) is 21.9 Å². The lowest BCUT2D eigenvalue weighted by atomic mass is 10.2. The molecule has 0 aliphatic rings. The molecule has 0 bridgehead atoms. The average molecular weight is 224 g/mol. The molecule has 15 heavy (non-hydrogen) atoms. The maximum absolute atomic E-state index is 12.3. The Kier molecular flexibility index (Phi) is 3.04. The molecule has 0 aliphatic carbocycles. The zero-order chi connectivity index (χ0) is 11.6. The van der Waals surface area contributed by atoms with Gasteiger partial charge in [-0.1, -0.05) is 0 Å². The molecule has 7 heteroatoms. The summed E-state index contributed by atoms with van der Waals surface area (Å²) in [7, 11) is 1.20. The van der Waals surface area contributed by atoms with Gasteiger partial charge in [-0.05, 0) is 6.07 Å². The van der Waals surface area contributed by atoms with Gasteiger partial charge >= 0.3 is 12.1 Å². The topological polar surface area (TPSA) is 59.7 Å². The van der Waals surface area contributed by atoms with Gasteiger partial charge in [0.15, 0.2) is 0 Å². The van der Waals surface area contributed by atoms with Gasteiger partial charge in [0.05, 0.1) is 6.61 Å². The molecule has 0 aliphatic heterocycles. The summed E-state index contributed by atoms with van der Waals surface area (Å²) < 4.78 is 45.6. The SMILES string of the molecule is COCc1cc(C(=O)O)oc1C(F)(F)F. The fourth-order valence-electron chi connectivity index (χ4n) is 1.04. The number of halogens is 3. The van der Waals surface area contributed by atoms with Crippen LogP contribution in [-0.4, -0.2) is 18.2 Å². The first-order valence-electron chi connectivity index (χ1n) is 3.78. The maximum Gasteiger partial charge on any atom is 0.449 e. The number of alkyl halides is 3. The van der Waals surface area contributed by atoms with Gasteiger partial charge in [-0.3, -0.25) is 0 Å². The van der Waals surface area contributed by atoms with Gasteiger partial charge in [0.25, 0.3) is 0 Å². The molecule has 84 valence electrons. The normalized spacial score (nSPS) is 11.7. The number of ether oxygens (including phenoxy) is 1. The molecule has 0 atom stereocenters. The van der Waals surface area contributed by atoms with Crippen molar-refractivity contribution in [3.8, 4) is 0 Å². The van der Waals surface area contributed by atoms with E-state index in [4.69, 9.17) is 5.11 Å². The van der Waals surface area contributed by atoms with Crippen LogP contribution in [0.3, 0.4) is 0 Å². The summed E-state index contributed by atoms with van der Waals surface area (Å²) in [5, 5.41) is 8.45. The van der Waals surface area contributed by atoms with Crippen molar-refractivity contribution in [1.29, 1.82) is 0 Å². The van der Waals surface area contributed by atoms with E-state index >= 15 is 0 Å². The molecule has 0 spiro atoms. The Bertz CT molecular complexity index is 366. The van der Waals surface area contributed by atoms with E-state index in [9.17, 15) is 18.0 Å². The highest BCUT2D eigenvalue weighted by Crippen LogP contribution is 2.34. The van der Waals surface area contributed by atoms with Gasteiger partial charge in [-0.15, -0.1) is 0 Å². The number of carboxylic acid groups (broad SMARTS) is 1. The van der Waals surface area contributed by atoms with Crippen molar-refractivity contribution in [1.82, 2.24) is 0 Å². The molecule has 1 heterocycles. The summed E-state index contributed by atoms with van der Waals surface area (Å²) in [6, 6.07) is 0.800. The summed E-state index contributed by atoms with van der Waals surface area (Å²) in [5.41, 5.74) is -0.331. The van der Waals surface area contributed by atoms with Crippen molar-refractivity contribution in [2.75, 3.05) is 7.11 Å². The molecule has 1 N–H and O–H groups in total. The van der Waals surface area contributed by atoms with E-state index in [-0.39, 0.29) is 12.2 Å². The molecule has 0 saturated carbocycles. The highest BCUT2D eigenvalue weighted by atomic mass is 19.4. The number of carboxylic acids is 1. The van der Waals surface area contributed by atoms with Crippen LogP contribution in [0.4, 0.5) is 13.2 Å². The number of hydrogen-bond acceptors (Lipinski definition) is 3. The Morgan fingerprint density at radius 3 is 2.60 bits per heavy atom. The van der Waals surface area contributed by atoms with Gasteiger partial charge in [0.1, 0.15) is 0 Å². The minimum Gasteiger partial charge on any atom is -0.475 e. The highest BCUT2D eigenvalue weighted by Gasteiger charge is 2.39. The van der Waals surface area contributed by atoms with Gasteiger partial charge in [0.2, 0.25) is 11.5 Å². The van der Waals surface area contributed by atoms with E-state index in [1.807, 2.05) is 0 Å². The lowest BCUT2D eigenvalue weighted by molar-refractivity contribution is -0.154. The monoisotopic (exact) mass is 224 g/mol. The fraction of sp³-hybridized carbons (Fsp3) is 0.375. The van der Waals surface area contributed by atoms with Crippen molar-refractivity contribution >= 4 is 5.97 Å². The molecule has 0 aromatic carbocycles. The third kappa shape index (κ3) is 2.50. The predicted octanol–water partition coefficient (Wildman–Crippen LogP) is 2.14. The van der Waals surface area contributed by atoms with E-state index in [0.717, 1.165) is 6.07 Å². The van der Waals surface area contributed by atoms with E-state index < -0.39 is 23.7 Å². The maximum atomic E-state index is 12.3. The zero-order valence-corrected chi connectivity index (χ0v) is 7.59. The number of aromatic carboxylic acids is 1. The molecule has 0 saturated heterocycles. The largest absolute Gasteiger partial charge is 0.475 e. The van der Waals surface area contributed by atoms with E-state index in [1.54, 1.807) is 0 Å². The number of rotatable bonds is 3. The van der Waals surface area contributed by atoms with Crippen molar-refractivity contribution in [3.63, 3.8) is 0 Å². The Balaban J connectivity index is 3.17. The molecular weight excluding hydrogens is 217 g/mol. The lowest BCUT2D eigenvalue weighted by Crippen LogP contribution is -2.07. The van der Waals surface area contributed by atoms with Gasteiger partial charge in [0, 0.05) is 12.7 Å². The van der Waals surface area contributed by atoms with Crippen LogP contribution in [0.5, 0.6) is 0 Å². The second-order valence-electron chi connectivity index (χ2n) is 2.70. The quantitative estimate of drug-likeness (QED) is 0.854. The molecule has 0 radical (unpaired) electrons. The molecule has 1 aromatic heterocycles. The number of carbonyl (C=O) groups is 1. The van der Waals surface area contributed by atoms with Gasteiger partial charge < -0.3 is 14.3 Å². The smallest absolute Gasteiger partial charge is 0.449 e. The summed E-state index contributed by atoms with van der Waals surface area (Å²) in [5.74, 6) is -3.64. The second-order valence-corrected chi connectivity index (χ2v) is 2.70. The molecule has 0 unspecified atom stereocenters. The van der Waals surface area contributed by atoms with Crippen LogP contribution in [0, 0.1) is 0 Å². The number of methoxy groups -OCH3 is 1. The Labute approximate surface area is 82.3 Å². The molecule has 4 nitrogen and oxygen atoms in total. The summed E-state index contributed by atoms with van der Waals surface area (Å²) in [6.45, 7) is -0.356.